The van der Waals surface area contributed by atoms with E-state index in [9.17, 15) is 18.8 Å². The van der Waals surface area contributed by atoms with E-state index in [0.29, 0.717) is 5.56 Å². The molecular formula is C17H16FNO6S. The normalized spacial score (nSPS) is 10.2. The molecule has 0 radical (unpaired) electrons. The van der Waals surface area contributed by atoms with Gasteiger partial charge in [0, 0.05) is 6.07 Å². The van der Waals surface area contributed by atoms with Crippen LogP contribution < -0.4 is 10.1 Å². The number of carbonyl (C=O) groups excluding carboxylic acids is 3. The first-order valence-corrected chi connectivity index (χ1v) is 8.17. The Hall–Kier alpha value is -2.94. The second-order valence-electron chi connectivity index (χ2n) is 5.04. The van der Waals surface area contributed by atoms with Crippen molar-refractivity contribution in [1.82, 2.24) is 0 Å². The highest BCUT2D eigenvalue weighted by Crippen LogP contribution is 2.34. The molecule has 2 aromatic rings. The van der Waals surface area contributed by atoms with Crippen LogP contribution in [0.25, 0.3) is 0 Å². The summed E-state index contributed by atoms with van der Waals surface area (Å²) in [6.45, 7) is 1.14. The fraction of sp³-hybridized carbons (Fsp3) is 0.235. The first-order valence-electron chi connectivity index (χ1n) is 7.35. The molecule has 1 aromatic heterocycles. The third-order valence-electron chi connectivity index (χ3n) is 3.33. The summed E-state index contributed by atoms with van der Waals surface area (Å²) in [6, 6.07) is 5.33. The maximum atomic E-state index is 13.1. The number of thiophene rings is 1. The van der Waals surface area contributed by atoms with Crippen molar-refractivity contribution in [3.8, 4) is 5.75 Å². The Balaban J connectivity index is 2.17. The van der Waals surface area contributed by atoms with Gasteiger partial charge in [-0.2, -0.15) is 0 Å². The maximum absolute atomic E-state index is 13.1. The van der Waals surface area contributed by atoms with E-state index in [-0.39, 0.29) is 21.2 Å². The van der Waals surface area contributed by atoms with Crippen LogP contribution in [0.3, 0.4) is 0 Å². The summed E-state index contributed by atoms with van der Waals surface area (Å²) in [7, 11) is 2.40. The molecule has 2 rings (SSSR count). The lowest BCUT2D eigenvalue weighted by Gasteiger charge is -2.08. The summed E-state index contributed by atoms with van der Waals surface area (Å²) >= 11 is 0.892. The van der Waals surface area contributed by atoms with E-state index < -0.39 is 30.3 Å². The van der Waals surface area contributed by atoms with Crippen molar-refractivity contribution in [2.45, 2.75) is 6.92 Å². The molecule has 0 aliphatic rings. The van der Waals surface area contributed by atoms with Gasteiger partial charge in [0.25, 0.3) is 5.91 Å². The molecule has 138 valence electrons. The number of benzene rings is 1. The minimum atomic E-state index is -0.699. The van der Waals surface area contributed by atoms with E-state index in [1.54, 1.807) is 6.92 Å². The molecule has 0 aliphatic carbocycles. The second kappa shape index (κ2) is 8.43. The number of rotatable bonds is 6. The predicted octanol–water partition coefficient (Wildman–Crippen LogP) is 2.79. The molecular weight excluding hydrogens is 365 g/mol. The minimum absolute atomic E-state index is 0.0667. The Morgan fingerprint density at radius 1 is 1.15 bits per heavy atom. The molecule has 1 N–H and O–H groups in total. The van der Waals surface area contributed by atoms with Gasteiger partial charge in [-0.1, -0.05) is 6.07 Å². The van der Waals surface area contributed by atoms with Crippen LogP contribution in [0.15, 0.2) is 24.3 Å². The minimum Gasteiger partial charge on any atom is -0.484 e. The molecule has 1 heterocycles. The van der Waals surface area contributed by atoms with Crippen molar-refractivity contribution < 1.29 is 33.0 Å². The summed E-state index contributed by atoms with van der Waals surface area (Å²) < 4.78 is 27.7. The number of hydrogen-bond donors (Lipinski definition) is 1. The summed E-state index contributed by atoms with van der Waals surface area (Å²) in [4.78, 5) is 36.1. The smallest absolute Gasteiger partial charge is 0.348 e. The van der Waals surface area contributed by atoms with Crippen molar-refractivity contribution in [2.24, 2.45) is 0 Å². The summed E-state index contributed by atoms with van der Waals surface area (Å²) in [5, 5.41) is 2.64. The zero-order valence-corrected chi connectivity index (χ0v) is 15.1. The van der Waals surface area contributed by atoms with Crippen molar-refractivity contribution in [3.05, 3.63) is 46.1 Å². The number of carbonyl (C=O) groups is 3. The summed E-state index contributed by atoms with van der Waals surface area (Å²) in [5.74, 6) is -2.22. The van der Waals surface area contributed by atoms with E-state index in [0.717, 1.165) is 17.4 Å². The van der Waals surface area contributed by atoms with Gasteiger partial charge in [-0.25, -0.2) is 14.0 Å². The molecule has 1 amide bonds. The third kappa shape index (κ3) is 4.37. The van der Waals surface area contributed by atoms with Crippen LogP contribution in [-0.4, -0.2) is 38.7 Å². The van der Waals surface area contributed by atoms with Gasteiger partial charge in [-0.15, -0.1) is 11.3 Å². The van der Waals surface area contributed by atoms with Crippen molar-refractivity contribution in [2.75, 3.05) is 26.1 Å². The largest absolute Gasteiger partial charge is 0.484 e. The van der Waals surface area contributed by atoms with Crippen LogP contribution in [0.2, 0.25) is 0 Å². The molecule has 0 fully saturated rings. The number of nitrogens with one attached hydrogen (secondary N) is 1. The van der Waals surface area contributed by atoms with E-state index in [1.807, 2.05) is 0 Å². The maximum Gasteiger partial charge on any atom is 0.348 e. The van der Waals surface area contributed by atoms with E-state index in [2.05, 4.69) is 10.1 Å². The van der Waals surface area contributed by atoms with Crippen molar-refractivity contribution >= 4 is 34.2 Å². The monoisotopic (exact) mass is 381 g/mol. The number of hydrogen-bond acceptors (Lipinski definition) is 7. The summed E-state index contributed by atoms with van der Waals surface area (Å²) in [6.07, 6.45) is 0. The molecule has 0 aliphatic heterocycles. The van der Waals surface area contributed by atoms with Gasteiger partial charge >= 0.3 is 11.9 Å². The zero-order chi connectivity index (χ0) is 19.3. The highest BCUT2D eigenvalue weighted by atomic mass is 32.1. The van der Waals surface area contributed by atoms with Gasteiger partial charge in [-0.05, 0) is 24.6 Å². The first-order chi connectivity index (χ1) is 12.4. The van der Waals surface area contributed by atoms with Gasteiger partial charge in [-0.3, -0.25) is 4.79 Å². The Morgan fingerprint density at radius 3 is 2.46 bits per heavy atom. The third-order valence-corrected chi connectivity index (χ3v) is 4.51. The molecule has 9 heteroatoms. The average molecular weight is 381 g/mol. The lowest BCUT2D eigenvalue weighted by molar-refractivity contribution is -0.118. The molecule has 0 atom stereocenters. The van der Waals surface area contributed by atoms with Crippen LogP contribution in [0, 0.1) is 12.7 Å². The standard InChI is InChI=1S/C17H16FNO6S/c1-9-13(16(21)23-2)15(26-14(9)17(22)24-3)19-12(20)8-25-11-6-4-5-10(18)7-11/h4-7H,8H2,1-3H3,(H,19,20). The zero-order valence-electron chi connectivity index (χ0n) is 14.3. The van der Waals surface area contributed by atoms with Crippen molar-refractivity contribution in [3.63, 3.8) is 0 Å². The molecule has 1 aromatic carbocycles. The SMILES string of the molecule is COC(=O)c1sc(NC(=O)COc2cccc(F)c2)c(C(=O)OC)c1C. The highest BCUT2D eigenvalue weighted by molar-refractivity contribution is 7.18. The Bertz CT molecular complexity index is 848. The molecule has 26 heavy (non-hydrogen) atoms. The van der Waals surface area contributed by atoms with Crippen LogP contribution in [0.1, 0.15) is 25.6 Å². The molecule has 0 spiro atoms. The Morgan fingerprint density at radius 2 is 1.85 bits per heavy atom. The predicted molar refractivity (Wildman–Crippen MR) is 92.3 cm³/mol. The van der Waals surface area contributed by atoms with E-state index in [4.69, 9.17) is 9.47 Å². The number of ether oxygens (including phenoxy) is 3. The lowest BCUT2D eigenvalue weighted by atomic mass is 10.1. The quantitative estimate of drug-likeness (QED) is 0.774. The first kappa shape index (κ1) is 19.4. The van der Waals surface area contributed by atoms with Crippen LogP contribution in [-0.2, 0) is 14.3 Å². The molecule has 0 bridgehead atoms. The Kier molecular flexibility index (Phi) is 6.29. The number of esters is 2. The molecule has 0 unspecified atom stereocenters. The second-order valence-corrected chi connectivity index (χ2v) is 6.06. The van der Waals surface area contributed by atoms with Gasteiger partial charge in [0.15, 0.2) is 6.61 Å². The fourth-order valence-electron chi connectivity index (χ4n) is 2.11. The topological polar surface area (TPSA) is 90.9 Å². The van der Waals surface area contributed by atoms with Crippen LogP contribution in [0.5, 0.6) is 5.75 Å². The average Bonchev–Trinajstić information content (AvgIpc) is 2.94. The Labute approximate surface area is 152 Å². The lowest BCUT2D eigenvalue weighted by Crippen LogP contribution is -2.21. The van der Waals surface area contributed by atoms with E-state index in [1.165, 1.54) is 32.4 Å². The molecule has 0 saturated heterocycles. The molecule has 0 saturated carbocycles. The van der Waals surface area contributed by atoms with Gasteiger partial charge in [0.1, 0.15) is 21.4 Å². The van der Waals surface area contributed by atoms with Gasteiger partial charge < -0.3 is 19.5 Å². The van der Waals surface area contributed by atoms with E-state index >= 15 is 0 Å². The number of methoxy groups -OCH3 is 2. The van der Waals surface area contributed by atoms with Gasteiger partial charge in [0.2, 0.25) is 0 Å². The van der Waals surface area contributed by atoms with Gasteiger partial charge in [0.05, 0.1) is 19.8 Å². The van der Waals surface area contributed by atoms with Crippen molar-refractivity contribution in [1.29, 1.82) is 0 Å². The molecule has 7 nitrogen and oxygen atoms in total. The highest BCUT2D eigenvalue weighted by Gasteiger charge is 2.26. The van der Waals surface area contributed by atoms with Crippen LogP contribution >= 0.6 is 11.3 Å². The fourth-order valence-corrected chi connectivity index (χ4v) is 3.23. The van der Waals surface area contributed by atoms with Crippen LogP contribution in [0.4, 0.5) is 9.39 Å². The number of anilines is 1. The number of halogens is 1. The number of amides is 1. The summed E-state index contributed by atoms with van der Waals surface area (Å²) in [5.41, 5.74) is 0.409.